The van der Waals surface area contributed by atoms with Crippen LogP contribution in [0, 0.1) is 4.77 Å². The van der Waals surface area contributed by atoms with E-state index in [0.717, 1.165) is 22.5 Å². The van der Waals surface area contributed by atoms with Gasteiger partial charge in [0, 0.05) is 19.3 Å². The van der Waals surface area contributed by atoms with E-state index in [0.29, 0.717) is 11.3 Å². The standard InChI is InChI=1S/C19H20N4OS/c1-22(11-12-24)17-9-7-15(8-10-17)13-20-23-14-18(21-19(23)25)16-5-3-2-4-6-16/h2-10,13-14,24H,11-12H2,1H3,(H,21,25). The number of nitrogens with zero attached hydrogens (tertiary/aromatic N) is 3. The third kappa shape index (κ3) is 4.23. The van der Waals surface area contributed by atoms with Crippen molar-refractivity contribution in [3.63, 3.8) is 0 Å². The van der Waals surface area contributed by atoms with Crippen molar-refractivity contribution in [2.24, 2.45) is 5.10 Å². The molecule has 3 rings (SSSR count). The minimum Gasteiger partial charge on any atom is -0.395 e. The van der Waals surface area contributed by atoms with Crippen molar-refractivity contribution in [3.8, 4) is 11.3 Å². The van der Waals surface area contributed by atoms with Crippen molar-refractivity contribution in [1.29, 1.82) is 0 Å². The first-order valence-corrected chi connectivity index (χ1v) is 8.42. The Morgan fingerprint density at radius 1 is 1.16 bits per heavy atom. The van der Waals surface area contributed by atoms with Gasteiger partial charge in [-0.2, -0.15) is 5.10 Å². The molecule has 0 saturated carbocycles. The first-order chi connectivity index (χ1) is 12.2. The number of hydrogen-bond acceptors (Lipinski definition) is 4. The van der Waals surface area contributed by atoms with Crippen LogP contribution in [-0.4, -0.2) is 41.2 Å². The van der Waals surface area contributed by atoms with Crippen molar-refractivity contribution in [2.45, 2.75) is 0 Å². The molecule has 0 radical (unpaired) electrons. The van der Waals surface area contributed by atoms with Gasteiger partial charge in [0.15, 0.2) is 4.77 Å². The Morgan fingerprint density at radius 2 is 1.88 bits per heavy atom. The lowest BCUT2D eigenvalue weighted by Crippen LogP contribution is -2.20. The van der Waals surface area contributed by atoms with Crippen molar-refractivity contribution in [1.82, 2.24) is 9.66 Å². The van der Waals surface area contributed by atoms with Gasteiger partial charge in [-0.1, -0.05) is 42.5 Å². The fourth-order valence-corrected chi connectivity index (χ4v) is 2.67. The number of aromatic nitrogens is 2. The van der Waals surface area contributed by atoms with Crippen LogP contribution in [0.5, 0.6) is 0 Å². The average molecular weight is 352 g/mol. The molecule has 3 aromatic rings. The molecule has 0 bridgehead atoms. The lowest BCUT2D eigenvalue weighted by atomic mass is 10.2. The molecule has 25 heavy (non-hydrogen) atoms. The lowest BCUT2D eigenvalue weighted by molar-refractivity contribution is 0.304. The molecule has 0 saturated heterocycles. The third-order valence-electron chi connectivity index (χ3n) is 3.89. The Labute approximate surface area is 151 Å². The number of anilines is 1. The number of hydrogen-bond donors (Lipinski definition) is 2. The second kappa shape index (κ2) is 7.92. The van der Waals surface area contributed by atoms with Gasteiger partial charge in [0.1, 0.15) is 0 Å². The Morgan fingerprint density at radius 3 is 2.56 bits per heavy atom. The molecule has 0 unspecified atom stereocenters. The van der Waals surface area contributed by atoms with Gasteiger partial charge in [0.2, 0.25) is 0 Å². The Bertz CT molecular complexity index is 897. The lowest BCUT2D eigenvalue weighted by Gasteiger charge is -2.17. The van der Waals surface area contributed by atoms with Crippen LogP contribution in [-0.2, 0) is 0 Å². The molecule has 2 aromatic carbocycles. The predicted octanol–water partition coefficient (Wildman–Crippen LogP) is 3.52. The number of aliphatic hydroxyl groups excluding tert-OH is 1. The van der Waals surface area contributed by atoms with Crippen LogP contribution in [0.2, 0.25) is 0 Å². The SMILES string of the molecule is CN(CCO)c1ccc(C=Nn2cc(-c3ccccc3)[nH]c2=S)cc1. The first kappa shape index (κ1) is 17.1. The summed E-state index contributed by atoms with van der Waals surface area (Å²) in [5.74, 6) is 0. The number of aromatic amines is 1. The van der Waals surface area contributed by atoms with Crippen molar-refractivity contribution in [3.05, 3.63) is 71.1 Å². The monoisotopic (exact) mass is 352 g/mol. The van der Waals surface area contributed by atoms with E-state index < -0.39 is 0 Å². The van der Waals surface area contributed by atoms with Gasteiger partial charge in [-0.15, -0.1) is 0 Å². The van der Waals surface area contributed by atoms with Crippen LogP contribution in [0.15, 0.2) is 65.9 Å². The fraction of sp³-hybridized carbons (Fsp3) is 0.158. The normalized spacial score (nSPS) is 11.1. The first-order valence-electron chi connectivity index (χ1n) is 8.01. The molecule has 0 fully saturated rings. The molecular formula is C19H20N4OS. The molecule has 128 valence electrons. The highest BCUT2D eigenvalue weighted by Gasteiger charge is 2.02. The summed E-state index contributed by atoms with van der Waals surface area (Å²) in [5.41, 5.74) is 4.03. The molecule has 0 aliphatic heterocycles. The third-order valence-corrected chi connectivity index (χ3v) is 4.18. The van der Waals surface area contributed by atoms with Crippen molar-refractivity contribution < 1.29 is 5.11 Å². The quantitative estimate of drug-likeness (QED) is 0.527. The van der Waals surface area contributed by atoms with Crippen LogP contribution in [0.3, 0.4) is 0 Å². The summed E-state index contributed by atoms with van der Waals surface area (Å²) < 4.78 is 2.21. The highest BCUT2D eigenvalue weighted by atomic mass is 32.1. The van der Waals surface area contributed by atoms with Gasteiger partial charge < -0.3 is 15.0 Å². The maximum absolute atomic E-state index is 8.99. The minimum absolute atomic E-state index is 0.134. The molecule has 0 amide bonds. The number of H-pyrrole nitrogens is 1. The van der Waals surface area contributed by atoms with Crippen LogP contribution < -0.4 is 4.90 Å². The van der Waals surface area contributed by atoms with Gasteiger partial charge in [-0.25, -0.2) is 4.68 Å². The van der Waals surface area contributed by atoms with Gasteiger partial charge in [0.25, 0.3) is 0 Å². The molecule has 6 heteroatoms. The van der Waals surface area contributed by atoms with Gasteiger partial charge in [-0.05, 0) is 35.5 Å². The van der Waals surface area contributed by atoms with Crippen LogP contribution in [0.1, 0.15) is 5.56 Å². The van der Waals surface area contributed by atoms with Crippen molar-refractivity contribution >= 4 is 24.1 Å². The molecule has 1 heterocycles. The second-order valence-electron chi connectivity index (χ2n) is 5.66. The predicted molar refractivity (Wildman–Crippen MR) is 105 cm³/mol. The molecule has 0 aliphatic rings. The summed E-state index contributed by atoms with van der Waals surface area (Å²) in [6.07, 6.45) is 3.66. The zero-order valence-corrected chi connectivity index (χ0v) is 14.8. The van der Waals surface area contributed by atoms with Gasteiger partial charge >= 0.3 is 0 Å². The number of rotatable bonds is 6. The van der Waals surface area contributed by atoms with Gasteiger partial charge in [-0.3, -0.25) is 0 Å². The number of aliphatic hydroxyl groups is 1. The number of imidazole rings is 1. The summed E-state index contributed by atoms with van der Waals surface area (Å²) >= 11 is 5.34. The van der Waals surface area contributed by atoms with Crippen LogP contribution in [0.25, 0.3) is 11.3 Å². The molecule has 0 spiro atoms. The van der Waals surface area contributed by atoms with E-state index in [1.54, 1.807) is 10.9 Å². The zero-order chi connectivity index (χ0) is 17.6. The molecular weight excluding hydrogens is 332 g/mol. The van der Waals surface area contributed by atoms with E-state index in [4.69, 9.17) is 17.3 Å². The maximum atomic E-state index is 8.99. The highest BCUT2D eigenvalue weighted by molar-refractivity contribution is 7.71. The summed E-state index contributed by atoms with van der Waals surface area (Å²) in [6, 6.07) is 18.0. The second-order valence-corrected chi connectivity index (χ2v) is 6.05. The van der Waals surface area contributed by atoms with Gasteiger partial charge in [0.05, 0.1) is 24.7 Å². The van der Waals surface area contributed by atoms with E-state index in [-0.39, 0.29) is 6.61 Å². The molecule has 0 atom stereocenters. The number of nitrogens with one attached hydrogen (secondary N) is 1. The molecule has 1 aromatic heterocycles. The molecule has 5 nitrogen and oxygen atoms in total. The van der Waals surface area contributed by atoms with E-state index in [1.807, 2.05) is 72.7 Å². The largest absolute Gasteiger partial charge is 0.395 e. The van der Waals surface area contributed by atoms with Crippen molar-refractivity contribution in [2.75, 3.05) is 25.1 Å². The van der Waals surface area contributed by atoms with Crippen LogP contribution >= 0.6 is 12.2 Å². The summed E-state index contributed by atoms with van der Waals surface area (Å²) in [5, 5.41) is 13.4. The topological polar surface area (TPSA) is 56.5 Å². The minimum atomic E-state index is 0.134. The Balaban J connectivity index is 1.76. The summed E-state index contributed by atoms with van der Waals surface area (Å²) in [7, 11) is 1.95. The summed E-state index contributed by atoms with van der Waals surface area (Å²) in [6.45, 7) is 0.739. The van der Waals surface area contributed by atoms with E-state index >= 15 is 0 Å². The maximum Gasteiger partial charge on any atom is 0.198 e. The van der Waals surface area contributed by atoms with Crippen LogP contribution in [0.4, 0.5) is 5.69 Å². The van der Waals surface area contributed by atoms with E-state index in [2.05, 4.69) is 10.1 Å². The fourth-order valence-electron chi connectivity index (χ4n) is 2.46. The summed E-state index contributed by atoms with van der Waals surface area (Å²) in [4.78, 5) is 5.16. The molecule has 2 N–H and O–H groups in total. The highest BCUT2D eigenvalue weighted by Crippen LogP contribution is 2.17. The number of likely N-dealkylation sites (N-methyl/N-ethyl adjacent to an activating group) is 1. The van der Waals surface area contributed by atoms with E-state index in [9.17, 15) is 0 Å². The average Bonchev–Trinajstić information content (AvgIpc) is 3.02. The Hall–Kier alpha value is -2.70. The number of benzene rings is 2. The molecule has 0 aliphatic carbocycles. The van der Waals surface area contributed by atoms with E-state index in [1.165, 1.54) is 0 Å². The Kier molecular flexibility index (Phi) is 5.42. The zero-order valence-electron chi connectivity index (χ0n) is 14.0. The smallest absolute Gasteiger partial charge is 0.198 e.